The van der Waals surface area contributed by atoms with Crippen LogP contribution < -0.4 is 4.90 Å². The van der Waals surface area contributed by atoms with E-state index in [4.69, 9.17) is 0 Å². The number of amides is 1. The van der Waals surface area contributed by atoms with Crippen molar-refractivity contribution in [1.82, 2.24) is 9.88 Å². The second kappa shape index (κ2) is 11.6. The molecule has 0 aliphatic rings. The number of fused-ring (bicyclic) bond motifs is 1. The zero-order chi connectivity index (χ0) is 22.6. The van der Waals surface area contributed by atoms with Gasteiger partial charge in [0.25, 0.3) is 0 Å². The molecule has 10 heteroatoms. The van der Waals surface area contributed by atoms with Crippen molar-refractivity contribution in [3.63, 3.8) is 0 Å². The zero-order valence-corrected chi connectivity index (χ0v) is 22.3. The smallest absolute Gasteiger partial charge is 0.229 e. The highest BCUT2D eigenvalue weighted by atomic mass is 79.9. The van der Waals surface area contributed by atoms with Gasteiger partial charge in [0.05, 0.1) is 20.9 Å². The van der Waals surface area contributed by atoms with E-state index >= 15 is 0 Å². The van der Waals surface area contributed by atoms with E-state index in [1.807, 2.05) is 39.2 Å². The van der Waals surface area contributed by atoms with Crippen molar-refractivity contribution in [3.8, 4) is 0 Å². The predicted molar refractivity (Wildman–Crippen MR) is 138 cm³/mol. The Morgan fingerprint density at radius 1 is 1.09 bits per heavy atom. The molecule has 0 saturated heterocycles. The quantitative estimate of drug-likeness (QED) is 0.371. The van der Waals surface area contributed by atoms with Crippen molar-refractivity contribution in [2.45, 2.75) is 24.7 Å². The van der Waals surface area contributed by atoms with E-state index in [0.29, 0.717) is 11.7 Å². The van der Waals surface area contributed by atoms with Crippen LogP contribution in [0.2, 0.25) is 0 Å². The molecule has 0 aliphatic heterocycles. The highest BCUT2D eigenvalue weighted by Crippen LogP contribution is 2.31. The Balaban J connectivity index is 0.00000363. The first-order valence-electron chi connectivity index (χ1n) is 9.96. The van der Waals surface area contributed by atoms with Crippen LogP contribution in [0, 0.1) is 6.92 Å². The first kappa shape index (κ1) is 26.7. The summed E-state index contributed by atoms with van der Waals surface area (Å²) in [4.78, 5) is 21.7. The fourth-order valence-electron chi connectivity index (χ4n) is 3.09. The molecule has 0 radical (unpaired) electrons. The van der Waals surface area contributed by atoms with Crippen molar-refractivity contribution in [3.05, 3.63) is 52.5 Å². The Labute approximate surface area is 208 Å². The molecule has 1 amide bonds. The lowest BCUT2D eigenvalue weighted by atomic mass is 10.2. The van der Waals surface area contributed by atoms with Gasteiger partial charge in [-0.3, -0.25) is 9.69 Å². The number of hydrogen-bond donors (Lipinski definition) is 0. The number of hydrogen-bond acceptors (Lipinski definition) is 6. The predicted octanol–water partition coefficient (Wildman–Crippen LogP) is 4.94. The SMILES string of the molecule is Cc1ccc(S(=O)(=O)CCC(=O)N(CCCN(C)C)c2nc3ccc(Br)cc3s2)cc1.Cl. The Hall–Kier alpha value is -1.52. The van der Waals surface area contributed by atoms with Crippen LogP contribution in [-0.2, 0) is 14.6 Å². The monoisotopic (exact) mass is 559 g/mol. The van der Waals surface area contributed by atoms with Crippen LogP contribution >= 0.6 is 39.7 Å². The number of halogens is 2. The van der Waals surface area contributed by atoms with Gasteiger partial charge in [0.2, 0.25) is 5.91 Å². The lowest BCUT2D eigenvalue weighted by molar-refractivity contribution is -0.118. The van der Waals surface area contributed by atoms with Crippen molar-refractivity contribution < 1.29 is 13.2 Å². The van der Waals surface area contributed by atoms with Crippen LogP contribution in [-0.4, -0.2) is 57.1 Å². The molecular formula is C22H27BrClN3O3S2. The first-order valence-corrected chi connectivity index (χ1v) is 13.2. The molecule has 0 atom stereocenters. The van der Waals surface area contributed by atoms with Crippen LogP contribution in [0.3, 0.4) is 0 Å². The molecule has 0 aliphatic carbocycles. The normalized spacial score (nSPS) is 11.5. The molecule has 0 saturated carbocycles. The van der Waals surface area contributed by atoms with Gasteiger partial charge in [-0.2, -0.15) is 0 Å². The molecule has 0 fully saturated rings. The lowest BCUT2D eigenvalue weighted by Crippen LogP contribution is -2.34. The molecule has 6 nitrogen and oxygen atoms in total. The molecule has 3 aromatic rings. The van der Waals surface area contributed by atoms with Crippen LogP contribution in [0.1, 0.15) is 18.4 Å². The van der Waals surface area contributed by atoms with E-state index in [1.54, 1.807) is 29.2 Å². The molecular weight excluding hydrogens is 534 g/mol. The third-order valence-electron chi connectivity index (χ3n) is 4.82. The van der Waals surface area contributed by atoms with Crippen molar-refractivity contribution in [2.24, 2.45) is 0 Å². The number of carbonyl (C=O) groups excluding carboxylic acids is 1. The van der Waals surface area contributed by atoms with Gasteiger partial charge in [0.15, 0.2) is 15.0 Å². The molecule has 2 aromatic carbocycles. The second-order valence-corrected chi connectivity index (χ2v) is 11.7. The fourth-order valence-corrected chi connectivity index (χ4v) is 5.88. The molecule has 0 unspecified atom stereocenters. The molecule has 3 rings (SSSR count). The Kier molecular flexibility index (Phi) is 9.66. The third-order valence-corrected chi connectivity index (χ3v) is 8.09. The molecule has 0 bridgehead atoms. The number of anilines is 1. The van der Waals surface area contributed by atoms with Crippen LogP contribution in [0.25, 0.3) is 10.2 Å². The van der Waals surface area contributed by atoms with E-state index < -0.39 is 9.84 Å². The van der Waals surface area contributed by atoms with Gasteiger partial charge in [0, 0.05) is 17.4 Å². The van der Waals surface area contributed by atoms with E-state index in [-0.39, 0.29) is 35.4 Å². The Bertz CT molecular complexity index is 1160. The number of benzene rings is 2. The van der Waals surface area contributed by atoms with Gasteiger partial charge >= 0.3 is 0 Å². The Morgan fingerprint density at radius 2 is 1.78 bits per heavy atom. The maximum atomic E-state index is 13.1. The van der Waals surface area contributed by atoms with Gasteiger partial charge in [0.1, 0.15) is 0 Å². The van der Waals surface area contributed by atoms with Gasteiger partial charge in [-0.25, -0.2) is 13.4 Å². The number of aromatic nitrogens is 1. The molecule has 1 heterocycles. The number of aryl methyl sites for hydroxylation is 1. The average molecular weight is 561 g/mol. The van der Waals surface area contributed by atoms with Gasteiger partial charge in [-0.15, -0.1) is 12.4 Å². The first-order chi connectivity index (χ1) is 14.7. The summed E-state index contributed by atoms with van der Waals surface area (Å²) in [5.74, 6) is -0.456. The number of carbonyl (C=O) groups is 1. The molecule has 0 spiro atoms. The third kappa shape index (κ3) is 6.99. The van der Waals surface area contributed by atoms with Crippen LogP contribution in [0.4, 0.5) is 5.13 Å². The van der Waals surface area contributed by atoms with Gasteiger partial charge in [-0.1, -0.05) is 45.0 Å². The molecule has 32 heavy (non-hydrogen) atoms. The van der Waals surface area contributed by atoms with Crippen molar-refractivity contribution in [2.75, 3.05) is 37.8 Å². The molecule has 174 valence electrons. The van der Waals surface area contributed by atoms with Crippen LogP contribution in [0.15, 0.2) is 51.8 Å². The summed E-state index contributed by atoms with van der Waals surface area (Å²) in [5.41, 5.74) is 1.81. The summed E-state index contributed by atoms with van der Waals surface area (Å²) in [5, 5.41) is 0.601. The minimum absolute atomic E-state index is 0. The molecule has 1 aromatic heterocycles. The minimum atomic E-state index is -3.53. The summed E-state index contributed by atoms with van der Waals surface area (Å²) in [7, 11) is 0.432. The van der Waals surface area contributed by atoms with Crippen molar-refractivity contribution >= 4 is 70.8 Å². The Morgan fingerprint density at radius 3 is 2.44 bits per heavy atom. The fraction of sp³-hybridized carbons (Fsp3) is 0.364. The van der Waals surface area contributed by atoms with E-state index in [0.717, 1.165) is 33.2 Å². The highest BCUT2D eigenvalue weighted by Gasteiger charge is 2.23. The van der Waals surface area contributed by atoms with E-state index in [2.05, 4.69) is 25.8 Å². The number of thiazole rings is 1. The summed E-state index contributed by atoms with van der Waals surface area (Å²) in [6.45, 7) is 3.21. The van der Waals surface area contributed by atoms with E-state index in [9.17, 15) is 13.2 Å². The average Bonchev–Trinajstić information content (AvgIpc) is 3.12. The topological polar surface area (TPSA) is 70.6 Å². The molecule has 0 N–H and O–H groups in total. The standard InChI is InChI=1S/C22H26BrN3O3S2.ClH/c1-16-5-8-18(9-6-16)31(28,29)14-11-21(27)26(13-4-12-25(2)3)22-24-19-10-7-17(23)15-20(19)30-22;/h5-10,15H,4,11-14H2,1-3H3;1H. The number of sulfone groups is 1. The number of rotatable bonds is 9. The second-order valence-electron chi connectivity index (χ2n) is 7.69. The lowest BCUT2D eigenvalue weighted by Gasteiger charge is -2.21. The zero-order valence-electron chi connectivity index (χ0n) is 18.2. The van der Waals surface area contributed by atoms with E-state index in [1.165, 1.54) is 11.3 Å². The summed E-state index contributed by atoms with van der Waals surface area (Å²) < 4.78 is 27.3. The van der Waals surface area contributed by atoms with Gasteiger partial charge in [-0.05, 0) is 64.3 Å². The van der Waals surface area contributed by atoms with Gasteiger partial charge < -0.3 is 4.90 Å². The minimum Gasteiger partial charge on any atom is -0.309 e. The maximum absolute atomic E-state index is 13.1. The van der Waals surface area contributed by atoms with Crippen LogP contribution in [0.5, 0.6) is 0 Å². The maximum Gasteiger partial charge on any atom is 0.229 e. The van der Waals surface area contributed by atoms with Crippen molar-refractivity contribution in [1.29, 1.82) is 0 Å². The summed E-state index contributed by atoms with van der Waals surface area (Å²) >= 11 is 4.90. The summed E-state index contributed by atoms with van der Waals surface area (Å²) in [6.07, 6.45) is 0.681. The summed E-state index contributed by atoms with van der Waals surface area (Å²) in [6, 6.07) is 12.5. The largest absolute Gasteiger partial charge is 0.309 e. The number of nitrogens with zero attached hydrogens (tertiary/aromatic N) is 3. The highest BCUT2D eigenvalue weighted by molar-refractivity contribution is 9.10.